The van der Waals surface area contributed by atoms with Crippen LogP contribution in [0.5, 0.6) is 0 Å². The smallest absolute Gasteiger partial charge is 0.268 e. The Hall–Kier alpha value is -2.62. The van der Waals surface area contributed by atoms with Crippen molar-refractivity contribution in [3.8, 4) is 0 Å². The number of rotatable bonds is 3. The minimum absolute atomic E-state index is 0.169. The monoisotopic (exact) mass is 294 g/mol. The van der Waals surface area contributed by atoms with Gasteiger partial charge in [-0.1, -0.05) is 41.6 Å². The maximum absolute atomic E-state index is 12.3. The van der Waals surface area contributed by atoms with E-state index in [1.54, 1.807) is 0 Å². The lowest BCUT2D eigenvalue weighted by Crippen LogP contribution is -2.28. The molecule has 0 bridgehead atoms. The fourth-order valence-corrected chi connectivity index (χ4v) is 2.36. The summed E-state index contributed by atoms with van der Waals surface area (Å²) >= 11 is 0. The molecule has 112 valence electrons. The van der Waals surface area contributed by atoms with Crippen LogP contribution in [-0.2, 0) is 9.63 Å². The first-order chi connectivity index (χ1) is 10.6. The number of oxime groups is 1. The summed E-state index contributed by atoms with van der Waals surface area (Å²) in [4.78, 5) is 17.6. The largest absolute Gasteiger partial charge is 0.382 e. The zero-order valence-electron chi connectivity index (χ0n) is 12.7. The summed E-state index contributed by atoms with van der Waals surface area (Å²) < 4.78 is 0. The van der Waals surface area contributed by atoms with Crippen LogP contribution in [0.4, 0.5) is 5.69 Å². The van der Waals surface area contributed by atoms with Gasteiger partial charge in [0.25, 0.3) is 5.91 Å². The summed E-state index contributed by atoms with van der Waals surface area (Å²) in [7, 11) is 0. The fourth-order valence-electron chi connectivity index (χ4n) is 2.36. The second-order valence-electron chi connectivity index (χ2n) is 5.49. The summed E-state index contributed by atoms with van der Waals surface area (Å²) in [5.74, 6) is -0.169. The van der Waals surface area contributed by atoms with E-state index in [0.29, 0.717) is 6.42 Å². The lowest BCUT2D eigenvalue weighted by molar-refractivity contribution is -0.125. The molecule has 2 aromatic carbocycles. The Kier molecular flexibility index (Phi) is 3.92. The highest BCUT2D eigenvalue weighted by Crippen LogP contribution is 2.19. The molecule has 4 nitrogen and oxygen atoms in total. The van der Waals surface area contributed by atoms with E-state index in [-0.39, 0.29) is 5.91 Å². The average Bonchev–Trinajstić information content (AvgIpc) is 3.02. The zero-order chi connectivity index (χ0) is 15.5. The van der Waals surface area contributed by atoms with Crippen molar-refractivity contribution in [1.82, 2.24) is 0 Å². The first-order valence-corrected chi connectivity index (χ1v) is 7.30. The Morgan fingerprint density at radius 2 is 1.91 bits per heavy atom. The van der Waals surface area contributed by atoms with Crippen LogP contribution in [0.15, 0.2) is 53.7 Å². The lowest BCUT2D eigenvalue weighted by atomic mass is 10.0. The van der Waals surface area contributed by atoms with E-state index in [4.69, 9.17) is 4.84 Å². The highest BCUT2D eigenvalue weighted by molar-refractivity contribution is 6.06. The molecule has 0 spiro atoms. The number of benzene rings is 2. The third-order valence-electron chi connectivity index (χ3n) is 3.84. The highest BCUT2D eigenvalue weighted by Gasteiger charge is 2.28. The molecule has 1 heterocycles. The van der Waals surface area contributed by atoms with E-state index in [2.05, 4.69) is 10.5 Å². The third kappa shape index (κ3) is 3.01. The molecule has 0 aliphatic carbocycles. The Balaban J connectivity index is 1.64. The van der Waals surface area contributed by atoms with Crippen molar-refractivity contribution in [1.29, 1.82) is 0 Å². The predicted octanol–water partition coefficient (Wildman–Crippen LogP) is 3.44. The van der Waals surface area contributed by atoms with Gasteiger partial charge in [0, 0.05) is 12.1 Å². The van der Waals surface area contributed by atoms with Crippen LogP contribution in [0.25, 0.3) is 0 Å². The lowest BCUT2D eigenvalue weighted by Gasteiger charge is -2.10. The van der Waals surface area contributed by atoms with Gasteiger partial charge in [-0.2, -0.15) is 0 Å². The van der Waals surface area contributed by atoms with Crippen LogP contribution in [0.3, 0.4) is 0 Å². The van der Waals surface area contributed by atoms with Gasteiger partial charge in [0.2, 0.25) is 6.10 Å². The number of nitrogens with one attached hydrogen (secondary N) is 1. The SMILES string of the molecule is Cc1ccc(NC(=O)[C@H]2CC(c3ccccc3)=NO2)cc1C. The number of anilines is 1. The van der Waals surface area contributed by atoms with Crippen molar-refractivity contribution in [2.75, 3.05) is 5.32 Å². The van der Waals surface area contributed by atoms with Crippen LogP contribution in [0.2, 0.25) is 0 Å². The van der Waals surface area contributed by atoms with E-state index in [1.807, 2.05) is 62.4 Å². The summed E-state index contributed by atoms with van der Waals surface area (Å²) in [5.41, 5.74) is 4.92. The van der Waals surface area contributed by atoms with Gasteiger partial charge in [-0.3, -0.25) is 4.79 Å². The summed E-state index contributed by atoms with van der Waals surface area (Å²) in [6.07, 6.45) is -0.0856. The topological polar surface area (TPSA) is 50.7 Å². The molecule has 1 aliphatic rings. The molecule has 2 aromatic rings. The molecule has 3 rings (SSSR count). The molecule has 0 fully saturated rings. The van der Waals surface area contributed by atoms with Crippen molar-refractivity contribution in [3.05, 3.63) is 65.2 Å². The van der Waals surface area contributed by atoms with Crippen molar-refractivity contribution in [2.24, 2.45) is 5.16 Å². The van der Waals surface area contributed by atoms with Gasteiger partial charge in [-0.15, -0.1) is 0 Å². The molecular formula is C18H18N2O2. The molecule has 4 heteroatoms. The summed E-state index contributed by atoms with van der Waals surface area (Å²) in [6, 6.07) is 15.6. The number of amides is 1. The second kappa shape index (κ2) is 6.02. The Morgan fingerprint density at radius 3 is 2.64 bits per heavy atom. The fraction of sp³-hybridized carbons (Fsp3) is 0.222. The first kappa shape index (κ1) is 14.3. The van der Waals surface area contributed by atoms with E-state index in [0.717, 1.165) is 22.5 Å². The van der Waals surface area contributed by atoms with Crippen LogP contribution >= 0.6 is 0 Å². The standard InChI is InChI=1S/C18H18N2O2/c1-12-8-9-15(10-13(12)2)19-18(21)17-11-16(20-22-17)14-6-4-3-5-7-14/h3-10,17H,11H2,1-2H3,(H,19,21)/t17-/m1/s1. The molecule has 1 amide bonds. The van der Waals surface area contributed by atoms with Gasteiger partial charge in [-0.05, 0) is 42.7 Å². The van der Waals surface area contributed by atoms with Gasteiger partial charge >= 0.3 is 0 Å². The van der Waals surface area contributed by atoms with Gasteiger partial charge < -0.3 is 10.2 Å². The van der Waals surface area contributed by atoms with Crippen LogP contribution in [-0.4, -0.2) is 17.7 Å². The van der Waals surface area contributed by atoms with Crippen LogP contribution < -0.4 is 5.32 Å². The molecule has 0 radical (unpaired) electrons. The number of aryl methyl sites for hydroxylation is 2. The number of hydrogen-bond donors (Lipinski definition) is 1. The Morgan fingerprint density at radius 1 is 1.14 bits per heavy atom. The minimum atomic E-state index is -0.572. The molecule has 1 aliphatic heterocycles. The number of carbonyl (C=O) groups excluding carboxylic acids is 1. The van der Waals surface area contributed by atoms with Crippen LogP contribution in [0, 0.1) is 13.8 Å². The highest BCUT2D eigenvalue weighted by atomic mass is 16.6. The van der Waals surface area contributed by atoms with E-state index >= 15 is 0 Å². The van der Waals surface area contributed by atoms with Crippen LogP contribution in [0.1, 0.15) is 23.1 Å². The number of hydrogen-bond acceptors (Lipinski definition) is 3. The first-order valence-electron chi connectivity index (χ1n) is 7.30. The molecule has 22 heavy (non-hydrogen) atoms. The number of nitrogens with zero attached hydrogens (tertiary/aromatic N) is 1. The maximum atomic E-state index is 12.3. The van der Waals surface area contributed by atoms with Gasteiger partial charge in [0.05, 0.1) is 5.71 Å². The molecule has 1 N–H and O–H groups in total. The minimum Gasteiger partial charge on any atom is -0.382 e. The van der Waals surface area contributed by atoms with E-state index in [1.165, 1.54) is 5.56 Å². The van der Waals surface area contributed by atoms with Gasteiger partial charge in [-0.25, -0.2) is 0 Å². The maximum Gasteiger partial charge on any atom is 0.268 e. The predicted molar refractivity (Wildman–Crippen MR) is 87.0 cm³/mol. The Labute approximate surface area is 129 Å². The third-order valence-corrected chi connectivity index (χ3v) is 3.84. The van der Waals surface area contributed by atoms with Crippen molar-refractivity contribution >= 4 is 17.3 Å². The van der Waals surface area contributed by atoms with E-state index in [9.17, 15) is 4.79 Å². The molecule has 0 saturated heterocycles. The normalized spacial score (nSPS) is 16.8. The molecular weight excluding hydrogens is 276 g/mol. The van der Waals surface area contributed by atoms with E-state index < -0.39 is 6.10 Å². The quantitative estimate of drug-likeness (QED) is 0.942. The molecule has 1 atom stereocenters. The number of carbonyl (C=O) groups is 1. The average molecular weight is 294 g/mol. The zero-order valence-corrected chi connectivity index (χ0v) is 12.7. The van der Waals surface area contributed by atoms with Crippen molar-refractivity contribution in [3.63, 3.8) is 0 Å². The molecule has 0 unspecified atom stereocenters. The van der Waals surface area contributed by atoms with Crippen molar-refractivity contribution in [2.45, 2.75) is 26.4 Å². The van der Waals surface area contributed by atoms with Gasteiger partial charge in [0.15, 0.2) is 0 Å². The molecule has 0 saturated carbocycles. The summed E-state index contributed by atoms with van der Waals surface area (Å²) in [5, 5.41) is 6.92. The molecule has 0 aromatic heterocycles. The van der Waals surface area contributed by atoms with Crippen molar-refractivity contribution < 1.29 is 9.63 Å². The second-order valence-corrected chi connectivity index (χ2v) is 5.49. The summed E-state index contributed by atoms with van der Waals surface area (Å²) in [6.45, 7) is 4.06. The van der Waals surface area contributed by atoms with Gasteiger partial charge in [0.1, 0.15) is 0 Å². The Bertz CT molecular complexity index is 723.